The van der Waals surface area contributed by atoms with Gasteiger partial charge in [-0.2, -0.15) is 0 Å². The Hall–Kier alpha value is -2.28. The zero-order valence-corrected chi connectivity index (χ0v) is 19.3. The zero-order chi connectivity index (χ0) is 21.8. The number of nitrogens with zero attached hydrogens (tertiary/aromatic N) is 2. The summed E-state index contributed by atoms with van der Waals surface area (Å²) in [4.78, 5) is 32.0. The van der Waals surface area contributed by atoms with E-state index in [2.05, 4.69) is 15.5 Å². The van der Waals surface area contributed by atoms with Crippen LogP contribution in [0.15, 0.2) is 40.5 Å². The first-order valence-electron chi connectivity index (χ1n) is 11.4. The molecule has 2 heterocycles. The minimum absolute atomic E-state index is 0.0842. The van der Waals surface area contributed by atoms with Crippen LogP contribution in [0.5, 0.6) is 0 Å². The van der Waals surface area contributed by atoms with Crippen molar-refractivity contribution in [1.82, 2.24) is 10.2 Å². The van der Waals surface area contributed by atoms with Crippen LogP contribution in [0, 0.1) is 5.92 Å². The van der Waals surface area contributed by atoms with E-state index in [1.165, 1.54) is 25.7 Å². The van der Waals surface area contributed by atoms with Crippen LogP contribution in [-0.2, 0) is 9.59 Å². The molecule has 1 saturated carbocycles. The number of allylic oxidation sites excluding steroid dienone is 1. The Morgan fingerprint density at radius 1 is 1.16 bits per heavy atom. The summed E-state index contributed by atoms with van der Waals surface area (Å²) in [5, 5.41) is 6.80. The van der Waals surface area contributed by atoms with E-state index in [4.69, 9.17) is 4.99 Å². The van der Waals surface area contributed by atoms with Crippen molar-refractivity contribution in [2.75, 3.05) is 24.7 Å². The summed E-state index contributed by atoms with van der Waals surface area (Å²) in [6.45, 7) is 2.79. The van der Waals surface area contributed by atoms with E-state index in [0.29, 0.717) is 12.0 Å². The monoisotopic (exact) mass is 440 g/mol. The molecule has 1 atom stereocenters. The summed E-state index contributed by atoms with van der Waals surface area (Å²) in [6, 6.07) is 7.78. The molecule has 1 aliphatic carbocycles. The van der Waals surface area contributed by atoms with Gasteiger partial charge in [-0.05, 0) is 43.4 Å². The molecule has 7 heteroatoms. The third-order valence-electron chi connectivity index (χ3n) is 6.49. The van der Waals surface area contributed by atoms with Crippen molar-refractivity contribution in [3.63, 3.8) is 0 Å². The topological polar surface area (TPSA) is 73.8 Å². The molecular formula is C24H32N4O2S. The molecule has 1 unspecified atom stereocenters. The predicted octanol–water partition coefficient (Wildman–Crippen LogP) is 4.47. The molecule has 0 radical (unpaired) electrons. The molecule has 0 bridgehead atoms. The molecule has 6 nitrogen and oxygen atoms in total. The number of amides is 2. The molecule has 0 spiro atoms. The summed E-state index contributed by atoms with van der Waals surface area (Å²) in [5.74, 6) is 1.76. The second kappa shape index (κ2) is 9.90. The number of rotatable bonds is 6. The van der Waals surface area contributed by atoms with Crippen molar-refractivity contribution < 1.29 is 9.59 Å². The minimum Gasteiger partial charge on any atom is -0.355 e. The second-order valence-electron chi connectivity index (χ2n) is 8.63. The quantitative estimate of drug-likeness (QED) is 0.685. The Labute approximate surface area is 188 Å². The van der Waals surface area contributed by atoms with Gasteiger partial charge in [-0.3, -0.25) is 9.59 Å². The van der Waals surface area contributed by atoms with Crippen LogP contribution in [0.2, 0.25) is 0 Å². The molecule has 1 aromatic carbocycles. The molecule has 1 aromatic rings. The van der Waals surface area contributed by atoms with Gasteiger partial charge in [-0.25, -0.2) is 4.99 Å². The standard InChI is InChI=1S/C24H32N4O2S/c1-16-21(23(30)25-2)22(28-14-5-15-31-24(28)26-16)18-9-11-19(12-10-18)27-20(29)13-8-17-6-3-4-7-17/h9-12,17,22H,3-8,13-15H2,1-2H3,(H,25,30)(H,27,29). The van der Waals surface area contributed by atoms with Gasteiger partial charge < -0.3 is 15.5 Å². The molecule has 2 aliphatic heterocycles. The lowest BCUT2D eigenvalue weighted by molar-refractivity contribution is -0.118. The molecule has 31 heavy (non-hydrogen) atoms. The molecule has 0 aromatic heterocycles. The van der Waals surface area contributed by atoms with Crippen LogP contribution in [0.25, 0.3) is 0 Å². The van der Waals surface area contributed by atoms with Gasteiger partial charge >= 0.3 is 0 Å². The number of fused-ring (bicyclic) bond motifs is 1. The number of likely N-dealkylation sites (N-methyl/N-ethyl adjacent to an activating group) is 1. The highest BCUT2D eigenvalue weighted by atomic mass is 32.2. The van der Waals surface area contributed by atoms with E-state index < -0.39 is 0 Å². The number of thioether (sulfide) groups is 1. The molecule has 3 aliphatic rings. The highest BCUT2D eigenvalue weighted by Crippen LogP contribution is 2.39. The van der Waals surface area contributed by atoms with Crippen LogP contribution < -0.4 is 10.6 Å². The average Bonchev–Trinajstić information content (AvgIpc) is 3.31. The second-order valence-corrected chi connectivity index (χ2v) is 9.69. The van der Waals surface area contributed by atoms with Crippen LogP contribution in [0.4, 0.5) is 5.69 Å². The lowest BCUT2D eigenvalue weighted by atomic mass is 9.93. The Bertz CT molecular complexity index is 887. The van der Waals surface area contributed by atoms with Crippen molar-refractivity contribution >= 4 is 34.4 Å². The number of hydrogen-bond donors (Lipinski definition) is 2. The van der Waals surface area contributed by atoms with Crippen molar-refractivity contribution in [1.29, 1.82) is 0 Å². The molecule has 2 fully saturated rings. The number of carbonyl (C=O) groups is 2. The number of carbonyl (C=O) groups excluding carboxylic acids is 2. The maximum absolute atomic E-state index is 12.7. The summed E-state index contributed by atoms with van der Waals surface area (Å²) < 4.78 is 0. The summed E-state index contributed by atoms with van der Waals surface area (Å²) in [7, 11) is 1.66. The Morgan fingerprint density at radius 3 is 2.61 bits per heavy atom. The largest absolute Gasteiger partial charge is 0.355 e. The van der Waals surface area contributed by atoms with E-state index in [1.807, 2.05) is 31.2 Å². The number of amidine groups is 1. The van der Waals surface area contributed by atoms with Crippen molar-refractivity contribution in [2.24, 2.45) is 10.9 Å². The molecule has 1 saturated heterocycles. The summed E-state index contributed by atoms with van der Waals surface area (Å²) in [6.07, 6.45) is 7.79. The highest BCUT2D eigenvalue weighted by molar-refractivity contribution is 8.13. The fraction of sp³-hybridized carbons (Fsp3) is 0.542. The van der Waals surface area contributed by atoms with Gasteiger partial charge in [0.15, 0.2) is 5.17 Å². The van der Waals surface area contributed by atoms with Crippen molar-refractivity contribution in [3.8, 4) is 0 Å². The van der Waals surface area contributed by atoms with Gasteiger partial charge in [0.05, 0.1) is 17.3 Å². The van der Waals surface area contributed by atoms with Gasteiger partial charge in [-0.15, -0.1) is 0 Å². The fourth-order valence-corrected chi connectivity index (χ4v) is 5.87. The lowest BCUT2D eigenvalue weighted by Gasteiger charge is -2.40. The first kappa shape index (κ1) is 21.9. The van der Waals surface area contributed by atoms with Gasteiger partial charge in [0, 0.05) is 31.5 Å². The number of nitrogens with one attached hydrogen (secondary N) is 2. The van der Waals surface area contributed by atoms with Gasteiger partial charge in [0.2, 0.25) is 5.91 Å². The van der Waals surface area contributed by atoms with Crippen LogP contribution in [-0.4, -0.2) is 41.2 Å². The van der Waals surface area contributed by atoms with Crippen LogP contribution in [0.1, 0.15) is 63.5 Å². The average molecular weight is 441 g/mol. The lowest BCUT2D eigenvalue weighted by Crippen LogP contribution is -2.43. The van der Waals surface area contributed by atoms with Gasteiger partial charge in [0.1, 0.15) is 0 Å². The Balaban J connectivity index is 1.49. The van der Waals surface area contributed by atoms with Gasteiger partial charge in [-0.1, -0.05) is 49.6 Å². The Morgan fingerprint density at radius 2 is 1.90 bits per heavy atom. The molecule has 2 N–H and O–H groups in total. The predicted molar refractivity (Wildman–Crippen MR) is 127 cm³/mol. The molecule has 166 valence electrons. The maximum atomic E-state index is 12.7. The Kier molecular flexibility index (Phi) is 7.00. The highest BCUT2D eigenvalue weighted by Gasteiger charge is 2.36. The smallest absolute Gasteiger partial charge is 0.251 e. The zero-order valence-electron chi connectivity index (χ0n) is 18.4. The van der Waals surface area contributed by atoms with Crippen molar-refractivity contribution in [2.45, 2.75) is 57.9 Å². The van der Waals surface area contributed by atoms with E-state index in [0.717, 1.165) is 53.2 Å². The maximum Gasteiger partial charge on any atom is 0.251 e. The van der Waals surface area contributed by atoms with E-state index in [1.54, 1.807) is 18.8 Å². The molecule has 2 amide bonds. The number of benzene rings is 1. The van der Waals surface area contributed by atoms with E-state index in [-0.39, 0.29) is 17.9 Å². The molecule has 4 rings (SSSR count). The first-order chi connectivity index (χ1) is 15.1. The van der Waals surface area contributed by atoms with Crippen LogP contribution >= 0.6 is 11.8 Å². The summed E-state index contributed by atoms with van der Waals surface area (Å²) >= 11 is 1.75. The number of hydrogen-bond acceptors (Lipinski definition) is 5. The fourth-order valence-electron chi connectivity index (χ4n) is 4.85. The SMILES string of the molecule is CNC(=O)C1=C(C)N=C2SCCCN2C1c1ccc(NC(=O)CCC2CCCC2)cc1. The minimum atomic E-state index is -0.160. The third kappa shape index (κ3) is 4.97. The molecular weight excluding hydrogens is 408 g/mol. The third-order valence-corrected chi connectivity index (χ3v) is 7.57. The summed E-state index contributed by atoms with van der Waals surface area (Å²) in [5.41, 5.74) is 3.31. The first-order valence-corrected chi connectivity index (χ1v) is 12.4. The van der Waals surface area contributed by atoms with E-state index >= 15 is 0 Å². The number of anilines is 1. The van der Waals surface area contributed by atoms with E-state index in [9.17, 15) is 9.59 Å². The van der Waals surface area contributed by atoms with Crippen LogP contribution in [0.3, 0.4) is 0 Å². The number of aliphatic imine (C=N–C) groups is 1. The normalized spacial score (nSPS) is 21.5. The van der Waals surface area contributed by atoms with Crippen molar-refractivity contribution in [3.05, 3.63) is 41.1 Å². The van der Waals surface area contributed by atoms with Gasteiger partial charge in [0.25, 0.3) is 5.91 Å².